The summed E-state index contributed by atoms with van der Waals surface area (Å²) >= 11 is 6.13. The highest BCUT2D eigenvalue weighted by molar-refractivity contribution is 6.31. The molecular weight excluding hydrogens is 424 g/mol. The fourth-order valence-corrected chi connectivity index (χ4v) is 5.35. The monoisotopic (exact) mass is 452 g/mol. The standard InChI is InChI=1S/C25H29ClN4O2/c1-15-21(24(31)27-10-13-30-11-3-2-4-12-30)18-6-5-7-19(23(18)28-15)22-17-9-8-16(26)14-20(17)29-25(22)32/h7-9,14,28-29,32H,2-6,10-13H2,1H3,(H,27,31). The minimum absolute atomic E-state index is 0.0202. The molecule has 1 fully saturated rings. The number of H-pyrrole nitrogens is 2. The van der Waals surface area contributed by atoms with Crippen LogP contribution in [0, 0.1) is 6.92 Å². The molecule has 1 aliphatic carbocycles. The third kappa shape index (κ3) is 3.82. The predicted molar refractivity (Wildman–Crippen MR) is 129 cm³/mol. The first-order chi connectivity index (χ1) is 15.5. The van der Waals surface area contributed by atoms with Crippen molar-refractivity contribution in [2.45, 2.75) is 39.0 Å². The Balaban J connectivity index is 1.41. The maximum absolute atomic E-state index is 13.1. The van der Waals surface area contributed by atoms with E-state index in [1.165, 1.54) is 19.3 Å². The normalized spacial score (nSPS) is 16.8. The number of carbonyl (C=O) groups is 1. The van der Waals surface area contributed by atoms with E-state index >= 15 is 0 Å². The highest BCUT2D eigenvalue weighted by Gasteiger charge is 2.28. The van der Waals surface area contributed by atoms with Crippen molar-refractivity contribution in [2.24, 2.45) is 0 Å². The first kappa shape index (κ1) is 21.2. The van der Waals surface area contributed by atoms with Gasteiger partial charge in [0.2, 0.25) is 0 Å². The summed E-state index contributed by atoms with van der Waals surface area (Å²) in [4.78, 5) is 22.0. The number of aryl methyl sites for hydroxylation is 1. The van der Waals surface area contributed by atoms with E-state index in [0.717, 1.165) is 77.0 Å². The van der Waals surface area contributed by atoms with E-state index in [0.29, 0.717) is 11.6 Å². The third-order valence-corrected chi connectivity index (χ3v) is 6.94. The summed E-state index contributed by atoms with van der Waals surface area (Å²) in [5, 5.41) is 15.3. The van der Waals surface area contributed by atoms with Crippen LogP contribution in [0.15, 0.2) is 24.3 Å². The maximum atomic E-state index is 13.1. The Labute approximate surface area is 192 Å². The molecule has 0 bridgehead atoms. The smallest absolute Gasteiger partial charge is 0.253 e. The number of amides is 1. The number of aromatic nitrogens is 2. The van der Waals surface area contributed by atoms with Crippen LogP contribution in [0.3, 0.4) is 0 Å². The van der Waals surface area contributed by atoms with Gasteiger partial charge in [0.15, 0.2) is 5.88 Å². The third-order valence-electron chi connectivity index (χ3n) is 6.70. The lowest BCUT2D eigenvalue weighted by Crippen LogP contribution is -2.37. The first-order valence-corrected chi connectivity index (χ1v) is 11.8. The molecule has 0 saturated carbocycles. The molecule has 0 unspecified atom stereocenters. The van der Waals surface area contributed by atoms with Crippen molar-refractivity contribution >= 4 is 34.0 Å². The van der Waals surface area contributed by atoms with Crippen LogP contribution in [0.25, 0.3) is 16.5 Å². The number of likely N-dealkylation sites (tertiary alicyclic amines) is 1. The lowest BCUT2D eigenvalue weighted by molar-refractivity contribution is 0.0945. The van der Waals surface area contributed by atoms with E-state index in [1.54, 1.807) is 0 Å². The van der Waals surface area contributed by atoms with Crippen LogP contribution < -0.4 is 5.32 Å². The Morgan fingerprint density at radius 1 is 1.22 bits per heavy atom. The van der Waals surface area contributed by atoms with Gasteiger partial charge in [-0.05, 0) is 63.4 Å². The van der Waals surface area contributed by atoms with Crippen molar-refractivity contribution in [3.8, 4) is 5.88 Å². The van der Waals surface area contributed by atoms with Gasteiger partial charge in [0.25, 0.3) is 5.91 Å². The molecule has 1 saturated heterocycles. The minimum Gasteiger partial charge on any atom is -0.494 e. The molecule has 5 rings (SSSR count). The molecule has 3 heterocycles. The summed E-state index contributed by atoms with van der Waals surface area (Å²) < 4.78 is 0. The van der Waals surface area contributed by atoms with Gasteiger partial charge in [-0.25, -0.2) is 0 Å². The van der Waals surface area contributed by atoms with Crippen molar-refractivity contribution in [1.82, 2.24) is 20.2 Å². The van der Waals surface area contributed by atoms with E-state index in [4.69, 9.17) is 11.6 Å². The van der Waals surface area contributed by atoms with Gasteiger partial charge in [0, 0.05) is 34.8 Å². The van der Waals surface area contributed by atoms with Crippen molar-refractivity contribution in [1.29, 1.82) is 0 Å². The Kier molecular flexibility index (Phi) is 5.74. The highest BCUT2D eigenvalue weighted by Crippen LogP contribution is 2.41. The number of nitrogens with zero attached hydrogens (tertiary/aromatic N) is 1. The zero-order chi connectivity index (χ0) is 22.2. The topological polar surface area (TPSA) is 84.2 Å². The lowest BCUT2D eigenvalue weighted by Gasteiger charge is -2.26. The highest BCUT2D eigenvalue weighted by atomic mass is 35.5. The SMILES string of the molecule is Cc1[nH]c2c(c1C(=O)NCCN1CCCCC1)CCC=C2c1c(O)[nH]c2cc(Cl)ccc12. The number of rotatable bonds is 5. The maximum Gasteiger partial charge on any atom is 0.253 e. The Morgan fingerprint density at radius 3 is 2.84 bits per heavy atom. The molecule has 168 valence electrons. The van der Waals surface area contributed by atoms with Crippen LogP contribution in [0.1, 0.15) is 58.6 Å². The number of carbonyl (C=O) groups excluding carboxylic acids is 1. The minimum atomic E-state index is -0.0202. The lowest BCUT2D eigenvalue weighted by atomic mass is 9.89. The number of hydrogen-bond donors (Lipinski definition) is 4. The van der Waals surface area contributed by atoms with Crippen LogP contribution in [0.4, 0.5) is 0 Å². The summed E-state index contributed by atoms with van der Waals surface area (Å²) in [6.07, 6.45) is 7.56. The quantitative estimate of drug-likeness (QED) is 0.450. The summed E-state index contributed by atoms with van der Waals surface area (Å²) in [5.74, 6) is 0.0920. The number of allylic oxidation sites excluding steroid dienone is 1. The van der Waals surface area contributed by atoms with Gasteiger partial charge in [-0.3, -0.25) is 4.79 Å². The summed E-state index contributed by atoms with van der Waals surface area (Å²) in [7, 11) is 0. The number of hydrogen-bond acceptors (Lipinski definition) is 3. The molecule has 4 N–H and O–H groups in total. The van der Waals surface area contributed by atoms with Crippen molar-refractivity contribution in [3.05, 3.63) is 57.4 Å². The number of aromatic amines is 2. The molecule has 2 aromatic heterocycles. The van der Waals surface area contributed by atoms with Crippen LogP contribution in [0.5, 0.6) is 5.88 Å². The van der Waals surface area contributed by atoms with Gasteiger partial charge < -0.3 is 25.3 Å². The predicted octanol–water partition coefficient (Wildman–Crippen LogP) is 4.76. The number of fused-ring (bicyclic) bond motifs is 2. The Morgan fingerprint density at radius 2 is 2.03 bits per heavy atom. The fourth-order valence-electron chi connectivity index (χ4n) is 5.18. The number of benzene rings is 1. The van der Waals surface area contributed by atoms with Gasteiger partial charge in [0.05, 0.1) is 22.3 Å². The molecule has 1 aliphatic heterocycles. The van der Waals surface area contributed by atoms with Crippen molar-refractivity contribution < 1.29 is 9.90 Å². The number of piperidine rings is 1. The average Bonchev–Trinajstić information content (AvgIpc) is 3.29. The fraction of sp³-hybridized carbons (Fsp3) is 0.400. The van der Waals surface area contributed by atoms with E-state index in [2.05, 4.69) is 26.3 Å². The van der Waals surface area contributed by atoms with Gasteiger partial charge >= 0.3 is 0 Å². The molecule has 7 heteroatoms. The number of halogens is 1. The second-order valence-electron chi connectivity index (χ2n) is 8.83. The van der Waals surface area contributed by atoms with E-state index in [1.807, 2.05) is 25.1 Å². The molecule has 6 nitrogen and oxygen atoms in total. The van der Waals surface area contributed by atoms with E-state index < -0.39 is 0 Å². The molecule has 1 amide bonds. The Bertz CT molecular complexity index is 1200. The van der Waals surface area contributed by atoms with Crippen molar-refractivity contribution in [3.63, 3.8) is 0 Å². The average molecular weight is 453 g/mol. The summed E-state index contributed by atoms with van der Waals surface area (Å²) in [6.45, 7) is 5.76. The molecule has 32 heavy (non-hydrogen) atoms. The van der Waals surface area contributed by atoms with Crippen molar-refractivity contribution in [2.75, 3.05) is 26.2 Å². The van der Waals surface area contributed by atoms with Crippen LogP contribution in [0.2, 0.25) is 5.02 Å². The van der Waals surface area contributed by atoms with E-state index in [-0.39, 0.29) is 11.8 Å². The molecule has 3 aromatic rings. The zero-order valence-electron chi connectivity index (χ0n) is 18.4. The molecule has 0 radical (unpaired) electrons. The van der Waals surface area contributed by atoms with E-state index in [9.17, 15) is 9.90 Å². The van der Waals surface area contributed by atoms with Gasteiger partial charge in [-0.1, -0.05) is 30.2 Å². The van der Waals surface area contributed by atoms with Gasteiger partial charge in [-0.15, -0.1) is 0 Å². The Hall–Kier alpha value is -2.70. The number of aromatic hydroxyl groups is 1. The van der Waals surface area contributed by atoms with Gasteiger partial charge in [-0.2, -0.15) is 0 Å². The molecule has 0 spiro atoms. The van der Waals surface area contributed by atoms with Crippen LogP contribution in [-0.2, 0) is 6.42 Å². The summed E-state index contributed by atoms with van der Waals surface area (Å²) in [5.41, 5.74) is 6.01. The molecule has 0 atom stereocenters. The van der Waals surface area contributed by atoms with Crippen LogP contribution in [-0.4, -0.2) is 52.1 Å². The molecular formula is C25H29ClN4O2. The number of nitrogens with one attached hydrogen (secondary N) is 3. The molecule has 2 aliphatic rings. The summed E-state index contributed by atoms with van der Waals surface area (Å²) in [6, 6.07) is 5.56. The van der Waals surface area contributed by atoms with Crippen LogP contribution >= 0.6 is 11.6 Å². The second kappa shape index (κ2) is 8.68. The first-order valence-electron chi connectivity index (χ1n) is 11.5. The zero-order valence-corrected chi connectivity index (χ0v) is 19.1. The second-order valence-corrected chi connectivity index (χ2v) is 9.27. The van der Waals surface area contributed by atoms with Gasteiger partial charge in [0.1, 0.15) is 0 Å². The largest absolute Gasteiger partial charge is 0.494 e. The molecule has 1 aromatic carbocycles.